The van der Waals surface area contributed by atoms with Crippen LogP contribution in [-0.4, -0.2) is 82.3 Å². The van der Waals surface area contributed by atoms with E-state index in [0.29, 0.717) is 23.9 Å². The van der Waals surface area contributed by atoms with Gasteiger partial charge in [-0.1, -0.05) is 311 Å². The molecule has 9 heteroatoms. The van der Waals surface area contributed by atoms with Crippen LogP contribution in [0.1, 0.15) is 335 Å². The molecule has 0 aliphatic rings. The van der Waals surface area contributed by atoms with Crippen LogP contribution in [0.4, 0.5) is 0 Å². The van der Waals surface area contributed by atoms with Gasteiger partial charge in [-0.15, -0.1) is 0 Å². The van der Waals surface area contributed by atoms with Gasteiger partial charge < -0.3 is 33.3 Å². The average Bonchev–Trinajstić information content (AvgIpc) is 3.48. The molecular weight excluding hydrogens is 1050 g/mol. The number of ether oxygens (including phenoxy) is 4. The van der Waals surface area contributed by atoms with E-state index in [1.807, 2.05) is 21.1 Å². The first-order valence-electron chi connectivity index (χ1n) is 36.1. The summed E-state index contributed by atoms with van der Waals surface area (Å²) in [6, 6.07) is 0. The van der Waals surface area contributed by atoms with Crippen LogP contribution in [0, 0.1) is 0 Å². The zero-order valence-corrected chi connectivity index (χ0v) is 56.5. The SMILES string of the molecule is CC/C=C\C/C=C\C/C=C\C/C=C\C/C=C\CCCCCCCCCCCCCCCCCCCCCCCC(=O)OC(COC(=O)CCCCCCCCCCCCC/C=C\CCCCCCCCCC)COC(OCC[N+](C)(C)C)C(=O)[O-]. The Morgan fingerprint density at radius 3 is 1.01 bits per heavy atom. The number of carbonyl (C=O) groups is 3. The molecule has 0 aromatic heterocycles. The van der Waals surface area contributed by atoms with Crippen molar-refractivity contribution in [2.75, 3.05) is 47.5 Å². The van der Waals surface area contributed by atoms with E-state index < -0.39 is 24.3 Å². The predicted octanol–water partition coefficient (Wildman–Crippen LogP) is 21.1. The smallest absolute Gasteiger partial charge is 0.306 e. The Morgan fingerprint density at radius 2 is 0.671 bits per heavy atom. The van der Waals surface area contributed by atoms with Crippen molar-refractivity contribution in [1.82, 2.24) is 0 Å². The number of hydrogen-bond acceptors (Lipinski definition) is 8. The van der Waals surface area contributed by atoms with Gasteiger partial charge >= 0.3 is 11.9 Å². The molecule has 9 nitrogen and oxygen atoms in total. The summed E-state index contributed by atoms with van der Waals surface area (Å²) >= 11 is 0. The van der Waals surface area contributed by atoms with Crippen LogP contribution >= 0.6 is 0 Å². The number of likely N-dealkylation sites (N-methyl/N-ethyl adjacent to an activating group) is 1. The molecule has 0 amide bonds. The second-order valence-corrected chi connectivity index (χ2v) is 25.5. The van der Waals surface area contributed by atoms with Crippen molar-refractivity contribution in [3.05, 3.63) is 72.9 Å². The highest BCUT2D eigenvalue weighted by Crippen LogP contribution is 2.18. The maximum absolute atomic E-state index is 12.9. The van der Waals surface area contributed by atoms with E-state index in [4.69, 9.17) is 18.9 Å². The van der Waals surface area contributed by atoms with Crippen molar-refractivity contribution < 1.29 is 42.9 Å². The number of unbranched alkanes of at least 4 members (excludes halogenated alkanes) is 40. The molecule has 85 heavy (non-hydrogen) atoms. The minimum atomic E-state index is -1.62. The molecular formula is C76H137NO8. The molecule has 0 fully saturated rings. The van der Waals surface area contributed by atoms with Crippen LogP contribution in [0.15, 0.2) is 72.9 Å². The van der Waals surface area contributed by atoms with Crippen LogP contribution in [0.3, 0.4) is 0 Å². The van der Waals surface area contributed by atoms with Gasteiger partial charge in [-0.05, 0) is 83.5 Å². The molecule has 0 aliphatic carbocycles. The molecule has 0 rings (SSSR count). The molecule has 0 aromatic rings. The number of carboxylic acid groups (broad SMARTS) is 1. The first-order chi connectivity index (χ1) is 41.6. The number of rotatable bonds is 67. The quantitative estimate of drug-likeness (QED) is 0.0195. The minimum absolute atomic E-state index is 0.148. The topological polar surface area (TPSA) is 111 Å². The summed E-state index contributed by atoms with van der Waals surface area (Å²) in [6.07, 6.45) is 85.7. The van der Waals surface area contributed by atoms with Crippen molar-refractivity contribution in [3.8, 4) is 0 Å². The second-order valence-electron chi connectivity index (χ2n) is 25.5. The van der Waals surface area contributed by atoms with Crippen LogP contribution in [0.5, 0.6) is 0 Å². The fourth-order valence-corrected chi connectivity index (χ4v) is 10.4. The van der Waals surface area contributed by atoms with E-state index in [0.717, 1.165) is 64.2 Å². The van der Waals surface area contributed by atoms with Gasteiger partial charge in [0.25, 0.3) is 0 Å². The summed E-state index contributed by atoms with van der Waals surface area (Å²) in [6.45, 7) is 4.68. The van der Waals surface area contributed by atoms with Gasteiger partial charge in [0.1, 0.15) is 13.2 Å². The van der Waals surface area contributed by atoms with E-state index in [9.17, 15) is 19.5 Å². The van der Waals surface area contributed by atoms with E-state index in [-0.39, 0.29) is 32.2 Å². The van der Waals surface area contributed by atoms with Gasteiger partial charge in [-0.2, -0.15) is 0 Å². The Bertz CT molecular complexity index is 1620. The van der Waals surface area contributed by atoms with Gasteiger partial charge in [0, 0.05) is 12.8 Å². The Labute approximate surface area is 526 Å². The lowest BCUT2D eigenvalue weighted by Crippen LogP contribution is -2.44. The number of nitrogens with zero attached hydrogens (tertiary/aromatic N) is 1. The lowest BCUT2D eigenvalue weighted by atomic mass is 10.0. The van der Waals surface area contributed by atoms with Crippen molar-refractivity contribution >= 4 is 17.9 Å². The fourth-order valence-electron chi connectivity index (χ4n) is 10.4. The first kappa shape index (κ1) is 81.7. The Kier molecular flexibility index (Phi) is 64.1. The molecule has 0 spiro atoms. The van der Waals surface area contributed by atoms with Gasteiger partial charge in [-0.3, -0.25) is 9.59 Å². The number of hydrogen-bond donors (Lipinski definition) is 0. The van der Waals surface area contributed by atoms with Crippen LogP contribution in [0.25, 0.3) is 0 Å². The summed E-state index contributed by atoms with van der Waals surface area (Å²) in [7, 11) is 5.94. The lowest BCUT2D eigenvalue weighted by molar-refractivity contribution is -0.870. The van der Waals surface area contributed by atoms with Gasteiger partial charge in [0.15, 0.2) is 12.4 Å². The summed E-state index contributed by atoms with van der Waals surface area (Å²) in [5.74, 6) is -2.26. The minimum Gasteiger partial charge on any atom is -0.545 e. The lowest BCUT2D eigenvalue weighted by Gasteiger charge is -2.26. The molecule has 0 saturated carbocycles. The van der Waals surface area contributed by atoms with E-state index in [1.54, 1.807) is 0 Å². The molecule has 0 aromatic carbocycles. The zero-order chi connectivity index (χ0) is 61.9. The van der Waals surface area contributed by atoms with Gasteiger partial charge in [0.2, 0.25) is 0 Å². The molecule has 0 saturated heterocycles. The van der Waals surface area contributed by atoms with E-state index >= 15 is 0 Å². The largest absolute Gasteiger partial charge is 0.545 e. The van der Waals surface area contributed by atoms with E-state index in [1.165, 1.54) is 238 Å². The maximum atomic E-state index is 12.9. The highest BCUT2D eigenvalue weighted by Gasteiger charge is 2.22. The van der Waals surface area contributed by atoms with Crippen LogP contribution in [-0.2, 0) is 33.3 Å². The normalized spacial score (nSPS) is 13.1. The number of aliphatic carboxylic acids is 1. The number of allylic oxidation sites excluding steroid dienone is 12. The predicted molar refractivity (Wildman–Crippen MR) is 361 cm³/mol. The molecule has 0 N–H and O–H groups in total. The summed E-state index contributed by atoms with van der Waals surface area (Å²) < 4.78 is 22.8. The summed E-state index contributed by atoms with van der Waals surface area (Å²) in [4.78, 5) is 37.5. The first-order valence-corrected chi connectivity index (χ1v) is 36.1. The van der Waals surface area contributed by atoms with Gasteiger partial charge in [0.05, 0.1) is 40.3 Å². The molecule has 0 radical (unpaired) electrons. The van der Waals surface area contributed by atoms with Crippen LogP contribution < -0.4 is 5.11 Å². The third kappa shape index (κ3) is 68.1. The zero-order valence-electron chi connectivity index (χ0n) is 56.5. The Morgan fingerprint density at radius 1 is 0.365 bits per heavy atom. The maximum Gasteiger partial charge on any atom is 0.306 e. The molecule has 2 unspecified atom stereocenters. The average molecular weight is 1190 g/mol. The number of carboxylic acids is 1. The summed E-state index contributed by atoms with van der Waals surface area (Å²) in [5.41, 5.74) is 0. The van der Waals surface area contributed by atoms with E-state index in [2.05, 4.69) is 86.8 Å². The monoisotopic (exact) mass is 1190 g/mol. The van der Waals surface area contributed by atoms with Crippen molar-refractivity contribution in [1.29, 1.82) is 0 Å². The third-order valence-electron chi connectivity index (χ3n) is 15.9. The molecule has 2 atom stereocenters. The molecule has 0 heterocycles. The molecule has 0 aliphatic heterocycles. The second kappa shape index (κ2) is 66.7. The van der Waals surface area contributed by atoms with Crippen molar-refractivity contribution in [3.63, 3.8) is 0 Å². The highest BCUT2D eigenvalue weighted by molar-refractivity contribution is 5.70. The standard InChI is InChI=1S/C76H137NO8/c1-6-8-10-12-14-16-18-20-22-24-26-28-30-31-32-33-34-35-36-37-38-39-40-41-42-43-45-47-49-51-53-55-57-59-61-63-65-67-74(79)85-72(71-84-76(75(80)81)82-69-68-77(3,4)5)70-83-73(78)66-64-62-60-58-56-54-52-50-48-46-44-29-27-25-23-21-19-17-15-13-11-9-7-2/h8,10,14,16,20,22,25-28,31-32,72,76H,6-7,9,11-13,15,17-19,21,23-24,29-30,33-71H2,1-5H3/b10-8-,16-14-,22-20-,27-25-,28-26-,32-31-. The van der Waals surface area contributed by atoms with Crippen LogP contribution in [0.2, 0.25) is 0 Å². The number of esters is 2. The van der Waals surface area contributed by atoms with Crippen molar-refractivity contribution in [2.45, 2.75) is 347 Å². The van der Waals surface area contributed by atoms with Crippen molar-refractivity contribution in [2.24, 2.45) is 0 Å². The molecule has 494 valence electrons. The number of quaternary nitrogens is 1. The third-order valence-corrected chi connectivity index (χ3v) is 15.9. The summed E-state index contributed by atoms with van der Waals surface area (Å²) in [5, 5.41) is 11.8. The Hall–Kier alpha value is -3.27. The molecule has 0 bridgehead atoms. The van der Waals surface area contributed by atoms with Gasteiger partial charge in [-0.25, -0.2) is 0 Å². The fraction of sp³-hybridized carbons (Fsp3) is 0.803. The highest BCUT2D eigenvalue weighted by atomic mass is 16.7. The number of carbonyl (C=O) groups excluding carboxylic acids is 3. The Balaban J connectivity index is 4.03.